The third-order valence-electron chi connectivity index (χ3n) is 1.32. The van der Waals surface area contributed by atoms with Gasteiger partial charge in [-0.2, -0.15) is 0 Å². The summed E-state index contributed by atoms with van der Waals surface area (Å²) < 4.78 is 0. The summed E-state index contributed by atoms with van der Waals surface area (Å²) in [4.78, 5) is 11.1. The molecule has 3 nitrogen and oxygen atoms in total. The predicted molar refractivity (Wildman–Crippen MR) is 54.3 cm³/mol. The van der Waals surface area contributed by atoms with Gasteiger partial charge in [-0.1, -0.05) is 0 Å². The van der Waals surface area contributed by atoms with E-state index in [4.69, 9.17) is 5.73 Å². The van der Waals surface area contributed by atoms with E-state index in [0.29, 0.717) is 0 Å². The lowest BCUT2D eigenvalue weighted by molar-refractivity contribution is -0.119. The fraction of sp³-hybridized carbons (Fsp3) is 0.875. The molecule has 1 atom stereocenters. The van der Waals surface area contributed by atoms with Gasteiger partial charge < -0.3 is 11.1 Å². The molecule has 0 aliphatic rings. The van der Waals surface area contributed by atoms with Gasteiger partial charge in [0.05, 0.1) is 5.25 Å². The van der Waals surface area contributed by atoms with Gasteiger partial charge in [-0.05, 0) is 20.8 Å². The number of thioether (sulfide) groups is 1. The molecule has 0 bridgehead atoms. The number of carbonyl (C=O) groups excluding carboxylic acids is 1. The molecular formula is C8H18N2OS. The van der Waals surface area contributed by atoms with E-state index in [2.05, 4.69) is 5.32 Å². The van der Waals surface area contributed by atoms with Crippen LogP contribution < -0.4 is 11.1 Å². The molecule has 3 N–H and O–H groups in total. The molecule has 0 rings (SSSR count). The minimum Gasteiger partial charge on any atom is -0.358 e. The standard InChI is InChI=1S/C8H18N2OS/c1-6(7(11)10-4)12-5-8(2,3)9/h6H,5,9H2,1-4H3,(H,10,11). The van der Waals surface area contributed by atoms with Crippen molar-refractivity contribution in [3.8, 4) is 0 Å². The van der Waals surface area contributed by atoms with Crippen LogP contribution in [-0.4, -0.2) is 29.5 Å². The highest BCUT2D eigenvalue weighted by molar-refractivity contribution is 8.00. The summed E-state index contributed by atoms with van der Waals surface area (Å²) in [5.74, 6) is 0.853. The molecule has 0 radical (unpaired) electrons. The van der Waals surface area contributed by atoms with Crippen molar-refractivity contribution in [1.29, 1.82) is 0 Å². The van der Waals surface area contributed by atoms with Crippen LogP contribution in [0.15, 0.2) is 0 Å². The molecule has 0 fully saturated rings. The average Bonchev–Trinajstić information content (AvgIpc) is 1.97. The summed E-state index contributed by atoms with van der Waals surface area (Å²) in [6.45, 7) is 5.79. The fourth-order valence-corrected chi connectivity index (χ4v) is 1.57. The maximum Gasteiger partial charge on any atom is 0.232 e. The van der Waals surface area contributed by atoms with Crippen LogP contribution in [-0.2, 0) is 4.79 Å². The van der Waals surface area contributed by atoms with Crippen molar-refractivity contribution < 1.29 is 4.79 Å². The topological polar surface area (TPSA) is 55.1 Å². The monoisotopic (exact) mass is 190 g/mol. The highest BCUT2D eigenvalue weighted by Crippen LogP contribution is 2.15. The Balaban J connectivity index is 3.72. The van der Waals surface area contributed by atoms with Gasteiger partial charge in [0.1, 0.15) is 0 Å². The third-order valence-corrected chi connectivity index (χ3v) is 2.95. The Kier molecular flexibility index (Phi) is 4.63. The van der Waals surface area contributed by atoms with Crippen LogP contribution in [0.1, 0.15) is 20.8 Å². The second-order valence-corrected chi connectivity index (χ2v) is 4.89. The lowest BCUT2D eigenvalue weighted by Crippen LogP contribution is -2.37. The van der Waals surface area contributed by atoms with Gasteiger partial charge in [0.2, 0.25) is 5.91 Å². The van der Waals surface area contributed by atoms with Crippen molar-refractivity contribution in [2.75, 3.05) is 12.8 Å². The quantitative estimate of drug-likeness (QED) is 0.682. The number of carbonyl (C=O) groups is 1. The van der Waals surface area contributed by atoms with Gasteiger partial charge in [-0.15, -0.1) is 11.8 Å². The largest absolute Gasteiger partial charge is 0.358 e. The minimum absolute atomic E-state index is 0.0159. The molecule has 0 spiro atoms. The number of hydrogen-bond donors (Lipinski definition) is 2. The SMILES string of the molecule is CNC(=O)C(C)SCC(C)(C)N. The molecule has 0 saturated heterocycles. The van der Waals surface area contributed by atoms with E-state index >= 15 is 0 Å². The fourth-order valence-electron chi connectivity index (χ4n) is 0.619. The van der Waals surface area contributed by atoms with Crippen LogP contribution in [0.2, 0.25) is 0 Å². The molecule has 0 saturated carbocycles. The van der Waals surface area contributed by atoms with Gasteiger partial charge >= 0.3 is 0 Å². The molecule has 0 aromatic heterocycles. The van der Waals surface area contributed by atoms with E-state index in [1.54, 1.807) is 18.8 Å². The van der Waals surface area contributed by atoms with E-state index in [0.717, 1.165) is 5.75 Å². The maximum absolute atomic E-state index is 11.1. The summed E-state index contributed by atoms with van der Waals surface area (Å²) in [7, 11) is 1.65. The van der Waals surface area contributed by atoms with Crippen LogP contribution in [0, 0.1) is 0 Å². The van der Waals surface area contributed by atoms with Crippen LogP contribution in [0.25, 0.3) is 0 Å². The Morgan fingerprint density at radius 3 is 2.50 bits per heavy atom. The van der Waals surface area contributed by atoms with Gasteiger partial charge in [-0.25, -0.2) is 0 Å². The van der Waals surface area contributed by atoms with E-state index in [9.17, 15) is 4.79 Å². The van der Waals surface area contributed by atoms with Gasteiger partial charge in [-0.3, -0.25) is 4.79 Å². The Morgan fingerprint density at radius 2 is 2.17 bits per heavy atom. The summed E-state index contributed by atoms with van der Waals surface area (Å²) in [6, 6.07) is 0. The zero-order valence-corrected chi connectivity index (χ0v) is 8.99. The minimum atomic E-state index is -0.201. The highest BCUT2D eigenvalue weighted by atomic mass is 32.2. The normalized spacial score (nSPS) is 14.1. The first-order valence-corrected chi connectivity index (χ1v) is 5.04. The highest BCUT2D eigenvalue weighted by Gasteiger charge is 2.16. The molecule has 0 aliphatic heterocycles. The Hall–Kier alpha value is -0.220. The van der Waals surface area contributed by atoms with Crippen LogP contribution in [0.4, 0.5) is 0 Å². The Morgan fingerprint density at radius 1 is 1.67 bits per heavy atom. The van der Waals surface area contributed by atoms with E-state index in [1.165, 1.54) is 0 Å². The Labute approximate surface area is 78.5 Å². The van der Waals surface area contributed by atoms with E-state index in [-0.39, 0.29) is 16.7 Å². The van der Waals surface area contributed by atoms with E-state index < -0.39 is 0 Å². The first-order chi connectivity index (χ1) is 5.37. The molecule has 1 unspecified atom stereocenters. The lowest BCUT2D eigenvalue weighted by atomic mass is 10.1. The molecule has 0 heterocycles. The second kappa shape index (κ2) is 4.72. The van der Waals surface area contributed by atoms with Crippen molar-refractivity contribution in [1.82, 2.24) is 5.32 Å². The Bertz CT molecular complexity index is 154. The molecule has 1 amide bonds. The number of nitrogens with two attached hydrogens (primary N) is 1. The summed E-state index contributed by atoms with van der Waals surface area (Å²) in [5.41, 5.74) is 5.57. The molecule has 12 heavy (non-hydrogen) atoms. The zero-order chi connectivity index (χ0) is 9.78. The van der Waals surface area contributed by atoms with Crippen molar-refractivity contribution in [2.45, 2.75) is 31.6 Å². The summed E-state index contributed by atoms with van der Waals surface area (Å²) >= 11 is 1.58. The van der Waals surface area contributed by atoms with E-state index in [1.807, 2.05) is 20.8 Å². The first kappa shape index (κ1) is 11.8. The van der Waals surface area contributed by atoms with Crippen molar-refractivity contribution in [2.24, 2.45) is 5.73 Å². The molecule has 72 valence electrons. The number of amides is 1. The second-order valence-electron chi connectivity index (χ2n) is 3.56. The average molecular weight is 190 g/mol. The molecule has 0 aromatic carbocycles. The third kappa shape index (κ3) is 5.43. The molecular weight excluding hydrogens is 172 g/mol. The predicted octanol–water partition coefficient (Wildman–Crippen LogP) is 0.591. The van der Waals surface area contributed by atoms with Gasteiger partial charge in [0.25, 0.3) is 0 Å². The number of rotatable bonds is 4. The number of nitrogens with one attached hydrogen (secondary N) is 1. The summed E-state index contributed by atoms with van der Waals surface area (Å²) in [6.07, 6.45) is 0. The summed E-state index contributed by atoms with van der Waals surface area (Å²) in [5, 5.41) is 2.58. The van der Waals surface area contributed by atoms with Gasteiger partial charge in [0, 0.05) is 18.3 Å². The van der Waals surface area contributed by atoms with Crippen LogP contribution in [0.5, 0.6) is 0 Å². The first-order valence-electron chi connectivity index (χ1n) is 3.99. The lowest BCUT2D eigenvalue weighted by Gasteiger charge is -2.19. The van der Waals surface area contributed by atoms with Crippen molar-refractivity contribution in [3.63, 3.8) is 0 Å². The van der Waals surface area contributed by atoms with Crippen molar-refractivity contribution in [3.05, 3.63) is 0 Å². The van der Waals surface area contributed by atoms with Gasteiger partial charge in [0.15, 0.2) is 0 Å². The molecule has 0 aliphatic carbocycles. The molecule has 4 heteroatoms. The zero-order valence-electron chi connectivity index (χ0n) is 8.18. The maximum atomic E-state index is 11.1. The van der Waals surface area contributed by atoms with Crippen LogP contribution >= 0.6 is 11.8 Å². The van der Waals surface area contributed by atoms with Crippen LogP contribution in [0.3, 0.4) is 0 Å². The van der Waals surface area contributed by atoms with Crippen molar-refractivity contribution >= 4 is 17.7 Å². The smallest absolute Gasteiger partial charge is 0.232 e. The number of hydrogen-bond acceptors (Lipinski definition) is 3. The molecule has 0 aromatic rings.